The number of amides is 2. The monoisotopic (exact) mass is 411 g/mol. The number of pyridine rings is 1. The number of aromatic amines is 1. The second kappa shape index (κ2) is 7.17. The minimum Gasteiger partial charge on any atom is -0.380 e. The van der Waals surface area contributed by atoms with Crippen LogP contribution in [0.25, 0.3) is 11.0 Å². The summed E-state index contributed by atoms with van der Waals surface area (Å²) in [5.41, 5.74) is -0.378. The zero-order valence-corrected chi connectivity index (χ0v) is 16.4. The lowest BCUT2D eigenvalue weighted by atomic mass is 9.80. The van der Waals surface area contributed by atoms with Gasteiger partial charge >= 0.3 is 0 Å². The van der Waals surface area contributed by atoms with Crippen LogP contribution in [-0.4, -0.2) is 74.9 Å². The minimum atomic E-state index is -0.765. The van der Waals surface area contributed by atoms with Gasteiger partial charge in [-0.1, -0.05) is 5.16 Å². The Morgan fingerprint density at radius 1 is 1.43 bits per heavy atom. The molecule has 2 fully saturated rings. The number of carbonyl (C=O) groups excluding carboxylic acids is 2. The van der Waals surface area contributed by atoms with Gasteiger partial charge in [0, 0.05) is 38.2 Å². The predicted molar refractivity (Wildman–Crippen MR) is 102 cm³/mol. The van der Waals surface area contributed by atoms with Gasteiger partial charge in [-0.25, -0.2) is 9.97 Å². The molecule has 0 radical (unpaired) electrons. The summed E-state index contributed by atoms with van der Waals surface area (Å²) in [6.45, 7) is 3.66. The quantitative estimate of drug-likeness (QED) is 0.602. The van der Waals surface area contributed by atoms with E-state index in [0.717, 1.165) is 5.82 Å². The van der Waals surface area contributed by atoms with Crippen molar-refractivity contribution in [2.24, 2.45) is 11.3 Å². The first-order chi connectivity index (χ1) is 14.6. The van der Waals surface area contributed by atoms with Crippen molar-refractivity contribution < 1.29 is 18.8 Å². The second-order valence-electron chi connectivity index (χ2n) is 7.78. The fourth-order valence-electron chi connectivity index (χ4n) is 4.26. The van der Waals surface area contributed by atoms with Crippen LogP contribution < -0.4 is 5.32 Å². The molecule has 156 valence electrons. The summed E-state index contributed by atoms with van der Waals surface area (Å²) >= 11 is 0. The third-order valence-corrected chi connectivity index (χ3v) is 5.84. The van der Waals surface area contributed by atoms with Crippen molar-refractivity contribution in [1.29, 1.82) is 0 Å². The molecule has 5 rings (SSSR count). The lowest BCUT2D eigenvalue weighted by Crippen LogP contribution is -2.47. The number of hydrogen-bond acceptors (Lipinski definition) is 8. The summed E-state index contributed by atoms with van der Waals surface area (Å²) in [4.78, 5) is 36.2. The molecule has 0 bridgehead atoms. The molecule has 11 nitrogen and oxygen atoms in total. The Kier molecular flexibility index (Phi) is 4.46. The number of aromatic nitrogens is 5. The maximum absolute atomic E-state index is 13.1. The van der Waals surface area contributed by atoms with Crippen molar-refractivity contribution in [2.75, 3.05) is 32.8 Å². The normalized spacial score (nSPS) is 23.1. The molecule has 11 heteroatoms. The van der Waals surface area contributed by atoms with E-state index in [1.54, 1.807) is 23.2 Å². The molecule has 0 unspecified atom stereocenters. The van der Waals surface area contributed by atoms with E-state index in [9.17, 15) is 9.59 Å². The zero-order valence-electron chi connectivity index (χ0n) is 16.4. The third-order valence-electron chi connectivity index (χ3n) is 5.84. The predicted octanol–water partition coefficient (Wildman–Crippen LogP) is 0.0968. The Hall–Kier alpha value is -3.34. The standard InChI is InChI=1S/C19H21N7O4/c1-11-22-14(24-23-11)4-6-21-18(28)19-9-26(7-12(19)8-29-10-19)17(27)15-13-3-2-5-20-16(13)25-30-15/h2-3,5,12H,4,6-10H2,1H3,(H,21,28)(H,22,23,24)/t12-,19-/m0/s1. The third kappa shape index (κ3) is 3.02. The highest BCUT2D eigenvalue weighted by Crippen LogP contribution is 2.42. The van der Waals surface area contributed by atoms with E-state index in [2.05, 4.69) is 30.6 Å². The SMILES string of the molecule is Cc1nc(CCNC(=O)[C@@]23COC[C@@H]2CN(C(=O)c2onc4ncccc24)C3)n[nH]1. The van der Waals surface area contributed by atoms with Gasteiger partial charge in [-0.2, -0.15) is 5.10 Å². The molecule has 3 aromatic heterocycles. The number of nitrogens with zero attached hydrogens (tertiary/aromatic N) is 5. The van der Waals surface area contributed by atoms with Crippen LogP contribution >= 0.6 is 0 Å². The Labute approximate surface area is 171 Å². The lowest BCUT2D eigenvalue weighted by molar-refractivity contribution is -0.131. The fourth-order valence-corrected chi connectivity index (χ4v) is 4.26. The van der Waals surface area contributed by atoms with Crippen LogP contribution in [0.15, 0.2) is 22.9 Å². The van der Waals surface area contributed by atoms with Gasteiger partial charge in [-0.3, -0.25) is 14.7 Å². The Morgan fingerprint density at radius 3 is 3.17 bits per heavy atom. The molecule has 0 spiro atoms. The number of likely N-dealkylation sites (tertiary alicyclic amines) is 1. The topological polar surface area (TPSA) is 139 Å². The number of aryl methyl sites for hydroxylation is 1. The van der Waals surface area contributed by atoms with Crippen LogP contribution in [0.4, 0.5) is 0 Å². The molecule has 0 saturated carbocycles. The molecule has 0 aliphatic carbocycles. The molecular formula is C19H21N7O4. The van der Waals surface area contributed by atoms with Crippen LogP contribution in [0.1, 0.15) is 22.2 Å². The molecule has 2 aliphatic heterocycles. The number of H-pyrrole nitrogens is 1. The number of rotatable bonds is 5. The highest BCUT2D eigenvalue weighted by atomic mass is 16.5. The highest BCUT2D eigenvalue weighted by molar-refractivity contribution is 6.03. The first-order valence-corrected chi connectivity index (χ1v) is 9.80. The smallest absolute Gasteiger partial charge is 0.293 e. The number of nitrogens with one attached hydrogen (secondary N) is 2. The zero-order chi connectivity index (χ0) is 20.7. The van der Waals surface area contributed by atoms with Gasteiger partial charge < -0.3 is 19.5 Å². The summed E-state index contributed by atoms with van der Waals surface area (Å²) in [6, 6.07) is 3.48. The molecule has 0 aromatic carbocycles. The molecule has 2 atom stereocenters. The summed E-state index contributed by atoms with van der Waals surface area (Å²) in [7, 11) is 0. The number of carbonyl (C=O) groups is 2. The Balaban J connectivity index is 1.29. The first kappa shape index (κ1) is 18.7. The summed E-state index contributed by atoms with van der Waals surface area (Å²) in [5, 5.41) is 14.3. The molecule has 2 amide bonds. The number of ether oxygens (including phenoxy) is 1. The van der Waals surface area contributed by atoms with Crippen LogP contribution in [-0.2, 0) is 16.0 Å². The molecular weight excluding hydrogens is 390 g/mol. The molecule has 2 aliphatic rings. The largest absolute Gasteiger partial charge is 0.380 e. The van der Waals surface area contributed by atoms with E-state index in [4.69, 9.17) is 9.26 Å². The van der Waals surface area contributed by atoms with E-state index in [0.29, 0.717) is 43.0 Å². The van der Waals surface area contributed by atoms with Gasteiger partial charge in [0.1, 0.15) is 5.82 Å². The average Bonchev–Trinajstić information content (AvgIpc) is 3.50. The molecule has 30 heavy (non-hydrogen) atoms. The maximum atomic E-state index is 13.1. The van der Waals surface area contributed by atoms with Gasteiger partial charge in [0.05, 0.1) is 24.0 Å². The molecule has 2 N–H and O–H groups in total. The molecule has 3 aromatic rings. The van der Waals surface area contributed by atoms with Gasteiger partial charge in [0.25, 0.3) is 5.91 Å². The van der Waals surface area contributed by atoms with Crippen molar-refractivity contribution in [3.63, 3.8) is 0 Å². The van der Waals surface area contributed by atoms with Gasteiger partial charge in [-0.15, -0.1) is 0 Å². The Morgan fingerprint density at radius 2 is 2.33 bits per heavy atom. The summed E-state index contributed by atoms with van der Waals surface area (Å²) < 4.78 is 10.9. The first-order valence-electron chi connectivity index (χ1n) is 9.80. The van der Waals surface area contributed by atoms with Crippen molar-refractivity contribution in [3.8, 4) is 0 Å². The van der Waals surface area contributed by atoms with Crippen LogP contribution in [0.2, 0.25) is 0 Å². The van der Waals surface area contributed by atoms with E-state index in [1.807, 2.05) is 6.92 Å². The number of fused-ring (bicyclic) bond motifs is 2. The Bertz CT molecular complexity index is 1110. The van der Waals surface area contributed by atoms with Crippen LogP contribution in [0, 0.1) is 18.3 Å². The van der Waals surface area contributed by atoms with Crippen LogP contribution in [0.5, 0.6) is 0 Å². The fraction of sp³-hybridized carbons (Fsp3) is 0.474. The van der Waals surface area contributed by atoms with E-state index in [1.165, 1.54) is 0 Å². The van der Waals surface area contributed by atoms with Gasteiger partial charge in [-0.05, 0) is 19.1 Å². The maximum Gasteiger partial charge on any atom is 0.293 e. The lowest BCUT2D eigenvalue weighted by Gasteiger charge is -2.25. The van der Waals surface area contributed by atoms with Crippen molar-refractivity contribution in [1.82, 2.24) is 35.5 Å². The van der Waals surface area contributed by atoms with Crippen LogP contribution in [0.3, 0.4) is 0 Å². The van der Waals surface area contributed by atoms with E-state index in [-0.39, 0.29) is 36.6 Å². The van der Waals surface area contributed by atoms with Crippen molar-refractivity contribution in [3.05, 3.63) is 35.7 Å². The average molecular weight is 411 g/mol. The molecule has 2 saturated heterocycles. The van der Waals surface area contributed by atoms with Gasteiger partial charge in [0.2, 0.25) is 17.3 Å². The molecule has 5 heterocycles. The van der Waals surface area contributed by atoms with E-state index >= 15 is 0 Å². The van der Waals surface area contributed by atoms with Crippen molar-refractivity contribution >= 4 is 22.8 Å². The minimum absolute atomic E-state index is 0.0699. The summed E-state index contributed by atoms with van der Waals surface area (Å²) in [6.07, 6.45) is 2.12. The summed E-state index contributed by atoms with van der Waals surface area (Å²) in [5.74, 6) is 1.06. The highest BCUT2D eigenvalue weighted by Gasteiger charge is 2.57. The van der Waals surface area contributed by atoms with Gasteiger partial charge in [0.15, 0.2) is 5.82 Å². The number of hydrogen-bond donors (Lipinski definition) is 2. The van der Waals surface area contributed by atoms with Crippen molar-refractivity contribution in [2.45, 2.75) is 13.3 Å². The second-order valence-corrected chi connectivity index (χ2v) is 7.78. The van der Waals surface area contributed by atoms with E-state index < -0.39 is 5.41 Å².